The molecule has 1 saturated heterocycles. The Morgan fingerprint density at radius 2 is 2.20 bits per heavy atom. The van der Waals surface area contributed by atoms with Gasteiger partial charge in [0, 0.05) is 13.0 Å². The number of methoxy groups -OCH3 is 1. The first-order chi connectivity index (χ1) is 7.24. The van der Waals surface area contributed by atoms with Gasteiger partial charge in [0.2, 0.25) is 0 Å². The van der Waals surface area contributed by atoms with Crippen molar-refractivity contribution >= 4 is 5.97 Å². The lowest BCUT2D eigenvalue weighted by atomic mass is 9.88. The molecule has 4 heteroatoms. The van der Waals surface area contributed by atoms with E-state index in [-0.39, 0.29) is 17.9 Å². The van der Waals surface area contributed by atoms with Crippen LogP contribution in [0.2, 0.25) is 0 Å². The molecule has 2 aliphatic rings. The number of nitrogens with zero attached hydrogens (tertiary/aromatic N) is 1. The fraction of sp³-hybridized carbons (Fsp3) is 0.455. The summed E-state index contributed by atoms with van der Waals surface area (Å²) in [7, 11) is 3.24. The molecule has 4 nitrogen and oxygen atoms in total. The molecule has 2 atom stereocenters. The SMILES string of the molecule is COC(=O)[C@H]1CON(C)[C@@H]1[C]1[CH][CH][CH][CH]1. The van der Waals surface area contributed by atoms with Crippen LogP contribution in [-0.2, 0) is 14.4 Å². The van der Waals surface area contributed by atoms with E-state index in [2.05, 4.69) is 0 Å². The van der Waals surface area contributed by atoms with Crippen LogP contribution in [0.5, 0.6) is 0 Å². The molecule has 0 aromatic carbocycles. The summed E-state index contributed by atoms with van der Waals surface area (Å²) in [5.74, 6) is 0.637. The summed E-state index contributed by atoms with van der Waals surface area (Å²) >= 11 is 0. The van der Waals surface area contributed by atoms with Gasteiger partial charge in [0.1, 0.15) is 5.92 Å². The Morgan fingerprint density at radius 3 is 2.80 bits per heavy atom. The fourth-order valence-corrected chi connectivity index (χ4v) is 2.00. The van der Waals surface area contributed by atoms with Crippen LogP contribution in [0.25, 0.3) is 0 Å². The molecule has 2 fully saturated rings. The van der Waals surface area contributed by atoms with Crippen molar-refractivity contribution in [3.05, 3.63) is 31.6 Å². The van der Waals surface area contributed by atoms with E-state index in [9.17, 15) is 4.79 Å². The van der Waals surface area contributed by atoms with Crippen molar-refractivity contribution in [1.82, 2.24) is 5.06 Å². The number of esters is 1. The maximum atomic E-state index is 11.5. The maximum absolute atomic E-state index is 11.5. The second-order valence-electron chi connectivity index (χ2n) is 3.63. The molecule has 0 aromatic rings. The third-order valence-electron chi connectivity index (χ3n) is 2.76. The minimum atomic E-state index is -0.234. The second kappa shape index (κ2) is 4.49. The van der Waals surface area contributed by atoms with Crippen molar-refractivity contribution < 1.29 is 14.4 Å². The summed E-state index contributed by atoms with van der Waals surface area (Å²) < 4.78 is 4.77. The molecule has 0 bridgehead atoms. The van der Waals surface area contributed by atoms with E-state index < -0.39 is 0 Å². The largest absolute Gasteiger partial charge is 0.469 e. The van der Waals surface area contributed by atoms with Crippen LogP contribution in [-0.4, -0.2) is 37.8 Å². The number of hydrogen-bond acceptors (Lipinski definition) is 4. The molecule has 1 saturated carbocycles. The first-order valence-corrected chi connectivity index (χ1v) is 4.89. The number of hydrogen-bond donors (Lipinski definition) is 0. The van der Waals surface area contributed by atoms with E-state index in [1.807, 2.05) is 32.7 Å². The fourth-order valence-electron chi connectivity index (χ4n) is 2.00. The molecular weight excluding hydrogens is 194 g/mol. The number of carbonyl (C=O) groups is 1. The van der Waals surface area contributed by atoms with Gasteiger partial charge in [0.15, 0.2) is 0 Å². The molecule has 0 unspecified atom stereocenters. The molecule has 1 aliphatic carbocycles. The Morgan fingerprint density at radius 1 is 1.53 bits per heavy atom. The van der Waals surface area contributed by atoms with Gasteiger partial charge >= 0.3 is 5.97 Å². The van der Waals surface area contributed by atoms with Crippen LogP contribution in [0.15, 0.2) is 0 Å². The van der Waals surface area contributed by atoms with Crippen molar-refractivity contribution in [1.29, 1.82) is 0 Å². The summed E-state index contributed by atoms with van der Waals surface area (Å²) in [4.78, 5) is 16.9. The third-order valence-corrected chi connectivity index (χ3v) is 2.76. The summed E-state index contributed by atoms with van der Waals surface area (Å²) in [5.41, 5.74) is 0. The molecule has 5 radical (unpaired) electrons. The van der Waals surface area contributed by atoms with Gasteiger partial charge in [-0.2, -0.15) is 5.06 Å². The number of hydroxylamine groups is 2. The highest BCUT2D eigenvalue weighted by Crippen LogP contribution is 2.36. The van der Waals surface area contributed by atoms with E-state index >= 15 is 0 Å². The zero-order valence-electron chi connectivity index (χ0n) is 8.84. The highest BCUT2D eigenvalue weighted by molar-refractivity contribution is 5.74. The van der Waals surface area contributed by atoms with Crippen LogP contribution in [0.1, 0.15) is 0 Å². The monoisotopic (exact) mass is 208 g/mol. The van der Waals surface area contributed by atoms with Gasteiger partial charge < -0.3 is 4.74 Å². The van der Waals surface area contributed by atoms with Crippen LogP contribution < -0.4 is 0 Å². The van der Waals surface area contributed by atoms with E-state index in [0.29, 0.717) is 6.61 Å². The second-order valence-corrected chi connectivity index (χ2v) is 3.63. The van der Waals surface area contributed by atoms with Crippen LogP contribution in [0, 0.1) is 37.5 Å². The Kier molecular flexibility index (Phi) is 3.26. The Labute approximate surface area is 90.5 Å². The Balaban J connectivity index is 2.07. The average molecular weight is 208 g/mol. The first kappa shape index (κ1) is 10.9. The van der Waals surface area contributed by atoms with Gasteiger partial charge in [0.25, 0.3) is 0 Å². The van der Waals surface area contributed by atoms with Gasteiger partial charge in [-0.25, -0.2) is 0 Å². The highest BCUT2D eigenvalue weighted by Gasteiger charge is 2.44. The Bertz CT molecular complexity index is 238. The van der Waals surface area contributed by atoms with Crippen LogP contribution in [0.3, 0.4) is 0 Å². The standard InChI is InChI=1S/C11H14NO3/c1-12-10(8-5-3-4-6-8)9(7-15-12)11(13)14-2/h3-6,9-10H,7H2,1-2H3/t9-,10+/m0/s1. The van der Waals surface area contributed by atoms with Crippen molar-refractivity contribution in [3.8, 4) is 0 Å². The predicted octanol–water partition coefficient (Wildman–Crippen LogP) is 0.426. The number of rotatable bonds is 2. The van der Waals surface area contributed by atoms with E-state index in [1.54, 1.807) is 5.06 Å². The van der Waals surface area contributed by atoms with Gasteiger partial charge in [0.05, 0.1) is 19.8 Å². The molecule has 15 heavy (non-hydrogen) atoms. The van der Waals surface area contributed by atoms with Crippen molar-refractivity contribution in [3.63, 3.8) is 0 Å². The van der Waals surface area contributed by atoms with E-state index in [1.165, 1.54) is 7.11 Å². The van der Waals surface area contributed by atoms with E-state index in [0.717, 1.165) is 5.92 Å². The first-order valence-electron chi connectivity index (χ1n) is 4.89. The normalized spacial score (nSPS) is 33.5. The lowest BCUT2D eigenvalue weighted by molar-refractivity contribution is -0.145. The summed E-state index contributed by atoms with van der Waals surface area (Å²) in [6, 6.07) is -0.0348. The molecule has 0 spiro atoms. The van der Waals surface area contributed by atoms with Crippen molar-refractivity contribution in [2.75, 3.05) is 20.8 Å². The molecule has 2 rings (SSSR count). The molecule has 0 amide bonds. The number of carbonyl (C=O) groups excluding carboxylic acids is 1. The zero-order valence-corrected chi connectivity index (χ0v) is 8.84. The quantitative estimate of drug-likeness (QED) is 0.617. The lowest BCUT2D eigenvalue weighted by Gasteiger charge is -2.25. The topological polar surface area (TPSA) is 38.8 Å². The minimum absolute atomic E-state index is 0.0348. The zero-order chi connectivity index (χ0) is 10.8. The third kappa shape index (κ3) is 2.01. The lowest BCUT2D eigenvalue weighted by Crippen LogP contribution is -2.38. The van der Waals surface area contributed by atoms with Gasteiger partial charge in [-0.3, -0.25) is 9.63 Å². The van der Waals surface area contributed by atoms with Gasteiger partial charge in [-0.05, 0) is 25.7 Å². The van der Waals surface area contributed by atoms with Gasteiger partial charge in [-0.1, -0.05) is 0 Å². The molecule has 1 heterocycles. The summed E-state index contributed by atoms with van der Waals surface area (Å²) in [5, 5.41) is 1.72. The molecule has 81 valence electrons. The van der Waals surface area contributed by atoms with Crippen molar-refractivity contribution in [2.45, 2.75) is 6.04 Å². The summed E-state index contributed by atoms with van der Waals surface area (Å²) in [6.07, 6.45) is 7.89. The van der Waals surface area contributed by atoms with Crippen molar-refractivity contribution in [2.24, 2.45) is 5.92 Å². The predicted molar refractivity (Wildman–Crippen MR) is 53.5 cm³/mol. The average Bonchev–Trinajstić information content (AvgIpc) is 2.85. The summed E-state index contributed by atoms with van der Waals surface area (Å²) in [6.45, 7) is 0.388. The van der Waals surface area contributed by atoms with Crippen LogP contribution >= 0.6 is 0 Å². The smallest absolute Gasteiger partial charge is 0.312 e. The number of ether oxygens (including phenoxy) is 1. The maximum Gasteiger partial charge on any atom is 0.312 e. The van der Waals surface area contributed by atoms with E-state index in [4.69, 9.17) is 9.57 Å². The van der Waals surface area contributed by atoms with Gasteiger partial charge in [-0.15, -0.1) is 0 Å². The molecular formula is C11H14NO3. The minimum Gasteiger partial charge on any atom is -0.469 e. The molecule has 1 aliphatic heterocycles. The Hall–Kier alpha value is -0.610. The molecule has 0 aromatic heterocycles. The highest BCUT2D eigenvalue weighted by atomic mass is 16.7. The van der Waals surface area contributed by atoms with Crippen LogP contribution in [0.4, 0.5) is 0 Å². The molecule has 0 N–H and O–H groups in total.